The number of rotatable bonds is 5. The number of aryl methyl sites for hydroxylation is 1. The van der Waals surface area contributed by atoms with Gasteiger partial charge in [-0.15, -0.1) is 0 Å². The molecule has 6 nitrogen and oxygen atoms in total. The maximum absolute atomic E-state index is 8.66. The van der Waals surface area contributed by atoms with E-state index in [1.807, 2.05) is 13.8 Å². The second-order valence-electron chi connectivity index (χ2n) is 3.76. The molecule has 0 radical (unpaired) electrons. The second kappa shape index (κ2) is 6.03. The van der Waals surface area contributed by atoms with Gasteiger partial charge in [0, 0.05) is 18.8 Å². The molecule has 0 saturated heterocycles. The zero-order chi connectivity index (χ0) is 12.8. The lowest BCUT2D eigenvalue weighted by Crippen LogP contribution is -2.27. The van der Waals surface area contributed by atoms with Crippen molar-refractivity contribution in [2.45, 2.75) is 27.2 Å². The number of aromatic nitrogens is 2. The lowest BCUT2D eigenvalue weighted by Gasteiger charge is -2.20. The quantitative estimate of drug-likeness (QED) is 0.347. The van der Waals surface area contributed by atoms with Gasteiger partial charge in [-0.3, -0.25) is 0 Å². The zero-order valence-corrected chi connectivity index (χ0v) is 10.5. The van der Waals surface area contributed by atoms with E-state index in [0.717, 1.165) is 25.2 Å². The van der Waals surface area contributed by atoms with Gasteiger partial charge < -0.3 is 15.8 Å². The van der Waals surface area contributed by atoms with Gasteiger partial charge in [0.1, 0.15) is 5.69 Å². The predicted octanol–water partition coefficient (Wildman–Crippen LogP) is 1.12. The zero-order valence-electron chi connectivity index (χ0n) is 10.5. The summed E-state index contributed by atoms with van der Waals surface area (Å²) in [7, 11) is 0. The van der Waals surface area contributed by atoms with E-state index in [1.165, 1.54) is 0 Å². The Morgan fingerprint density at radius 2 is 2.18 bits per heavy atom. The third-order valence-electron chi connectivity index (χ3n) is 2.37. The summed E-state index contributed by atoms with van der Waals surface area (Å²) in [6.07, 6.45) is 1.02. The van der Waals surface area contributed by atoms with E-state index in [9.17, 15) is 0 Å². The standard InChI is InChI=1S/C11H19N5O/c1-4-6-16(5-2)11-13-8(3)7-9(14-11)10(12)15-17/h7,17H,4-6H2,1-3H3,(H2,12,15). The molecule has 0 spiro atoms. The molecule has 0 aliphatic rings. The van der Waals surface area contributed by atoms with Crippen LogP contribution < -0.4 is 10.6 Å². The summed E-state index contributed by atoms with van der Waals surface area (Å²) in [4.78, 5) is 10.7. The number of hydrogen-bond acceptors (Lipinski definition) is 5. The average Bonchev–Trinajstić information content (AvgIpc) is 2.34. The van der Waals surface area contributed by atoms with Crippen LogP contribution in [0.4, 0.5) is 5.95 Å². The third-order valence-corrected chi connectivity index (χ3v) is 2.37. The maximum atomic E-state index is 8.66. The first-order valence-corrected chi connectivity index (χ1v) is 5.70. The summed E-state index contributed by atoms with van der Waals surface area (Å²) in [6, 6.07) is 1.69. The van der Waals surface area contributed by atoms with Gasteiger partial charge in [0.05, 0.1) is 0 Å². The topological polar surface area (TPSA) is 87.6 Å². The van der Waals surface area contributed by atoms with Gasteiger partial charge in [0.15, 0.2) is 5.84 Å². The molecule has 3 N–H and O–H groups in total. The molecule has 94 valence electrons. The van der Waals surface area contributed by atoms with Gasteiger partial charge in [-0.25, -0.2) is 9.97 Å². The van der Waals surface area contributed by atoms with Crippen LogP contribution in [0.1, 0.15) is 31.7 Å². The Labute approximate surface area is 101 Å². The van der Waals surface area contributed by atoms with Crippen molar-refractivity contribution >= 4 is 11.8 Å². The Morgan fingerprint density at radius 1 is 1.47 bits per heavy atom. The van der Waals surface area contributed by atoms with Crippen LogP contribution in [0.5, 0.6) is 0 Å². The van der Waals surface area contributed by atoms with E-state index >= 15 is 0 Å². The molecule has 1 aromatic rings. The van der Waals surface area contributed by atoms with Crippen molar-refractivity contribution in [3.63, 3.8) is 0 Å². The Hall–Kier alpha value is -1.85. The molecule has 0 aromatic carbocycles. The fourth-order valence-electron chi connectivity index (χ4n) is 1.55. The first-order valence-electron chi connectivity index (χ1n) is 5.70. The van der Waals surface area contributed by atoms with Crippen molar-refractivity contribution in [1.29, 1.82) is 0 Å². The summed E-state index contributed by atoms with van der Waals surface area (Å²) in [5.74, 6) is 0.625. The van der Waals surface area contributed by atoms with E-state index in [-0.39, 0.29) is 5.84 Å². The van der Waals surface area contributed by atoms with Crippen molar-refractivity contribution in [3.05, 3.63) is 17.5 Å². The lowest BCUT2D eigenvalue weighted by molar-refractivity contribution is 0.318. The third kappa shape index (κ3) is 3.30. The number of nitrogens with zero attached hydrogens (tertiary/aromatic N) is 4. The molecule has 1 rings (SSSR count). The molecule has 0 atom stereocenters. The van der Waals surface area contributed by atoms with Gasteiger partial charge in [-0.2, -0.15) is 0 Å². The van der Waals surface area contributed by atoms with Crippen molar-refractivity contribution in [2.75, 3.05) is 18.0 Å². The van der Waals surface area contributed by atoms with E-state index in [0.29, 0.717) is 11.6 Å². The highest BCUT2D eigenvalue weighted by molar-refractivity contribution is 5.95. The Balaban J connectivity index is 3.11. The Kier molecular flexibility index (Phi) is 4.68. The van der Waals surface area contributed by atoms with Crippen LogP contribution in [-0.2, 0) is 0 Å². The molecule has 0 amide bonds. The van der Waals surface area contributed by atoms with Crippen LogP contribution in [0.15, 0.2) is 11.2 Å². The monoisotopic (exact) mass is 237 g/mol. The van der Waals surface area contributed by atoms with E-state index in [2.05, 4.69) is 26.9 Å². The van der Waals surface area contributed by atoms with Gasteiger partial charge in [0.25, 0.3) is 0 Å². The molecule has 0 saturated carbocycles. The normalized spacial score (nSPS) is 11.6. The van der Waals surface area contributed by atoms with Gasteiger partial charge in [-0.1, -0.05) is 12.1 Å². The van der Waals surface area contributed by atoms with Crippen molar-refractivity contribution in [2.24, 2.45) is 10.9 Å². The summed E-state index contributed by atoms with van der Waals surface area (Å²) in [5, 5.41) is 11.6. The summed E-state index contributed by atoms with van der Waals surface area (Å²) in [5.41, 5.74) is 6.78. The van der Waals surface area contributed by atoms with Crippen LogP contribution in [-0.4, -0.2) is 34.1 Å². The lowest BCUT2D eigenvalue weighted by atomic mass is 10.3. The van der Waals surface area contributed by atoms with Crippen LogP contribution in [0, 0.1) is 6.92 Å². The molecule has 0 unspecified atom stereocenters. The van der Waals surface area contributed by atoms with Gasteiger partial charge in [-0.05, 0) is 26.3 Å². The number of amidine groups is 1. The summed E-state index contributed by atoms with van der Waals surface area (Å²) >= 11 is 0. The molecule has 0 fully saturated rings. The van der Waals surface area contributed by atoms with E-state index in [4.69, 9.17) is 10.9 Å². The van der Waals surface area contributed by atoms with Crippen LogP contribution in [0.25, 0.3) is 0 Å². The molecular formula is C11H19N5O. The minimum Gasteiger partial charge on any atom is -0.409 e. The first kappa shape index (κ1) is 13.2. The molecule has 6 heteroatoms. The maximum Gasteiger partial charge on any atom is 0.226 e. The average molecular weight is 237 g/mol. The molecule has 0 bridgehead atoms. The van der Waals surface area contributed by atoms with E-state index in [1.54, 1.807) is 6.07 Å². The Bertz CT molecular complexity index is 405. The minimum absolute atomic E-state index is 0.00398. The van der Waals surface area contributed by atoms with Crippen molar-refractivity contribution in [1.82, 2.24) is 9.97 Å². The van der Waals surface area contributed by atoms with Gasteiger partial charge >= 0.3 is 0 Å². The fraction of sp³-hybridized carbons (Fsp3) is 0.545. The Morgan fingerprint density at radius 3 is 2.71 bits per heavy atom. The summed E-state index contributed by atoms with van der Waals surface area (Å²) < 4.78 is 0. The summed E-state index contributed by atoms with van der Waals surface area (Å²) in [6.45, 7) is 7.72. The minimum atomic E-state index is 0.00398. The number of nitrogens with two attached hydrogens (primary N) is 1. The van der Waals surface area contributed by atoms with Crippen LogP contribution in [0.2, 0.25) is 0 Å². The smallest absolute Gasteiger partial charge is 0.226 e. The highest BCUT2D eigenvalue weighted by atomic mass is 16.4. The highest BCUT2D eigenvalue weighted by Crippen LogP contribution is 2.10. The number of hydrogen-bond donors (Lipinski definition) is 2. The van der Waals surface area contributed by atoms with Crippen LogP contribution in [0.3, 0.4) is 0 Å². The van der Waals surface area contributed by atoms with Crippen molar-refractivity contribution in [3.8, 4) is 0 Å². The number of oxime groups is 1. The highest BCUT2D eigenvalue weighted by Gasteiger charge is 2.10. The van der Waals surface area contributed by atoms with E-state index < -0.39 is 0 Å². The molecular weight excluding hydrogens is 218 g/mol. The molecule has 1 aromatic heterocycles. The van der Waals surface area contributed by atoms with Crippen molar-refractivity contribution < 1.29 is 5.21 Å². The number of anilines is 1. The first-order chi connectivity index (χ1) is 8.12. The molecule has 0 aliphatic carbocycles. The largest absolute Gasteiger partial charge is 0.409 e. The SMILES string of the molecule is CCCN(CC)c1nc(C)cc(C(N)=NO)n1. The van der Waals surface area contributed by atoms with Crippen LogP contribution >= 0.6 is 0 Å². The van der Waals surface area contributed by atoms with Gasteiger partial charge in [0.2, 0.25) is 5.95 Å². The predicted molar refractivity (Wildman–Crippen MR) is 67.5 cm³/mol. The second-order valence-corrected chi connectivity index (χ2v) is 3.76. The molecule has 1 heterocycles. The molecule has 17 heavy (non-hydrogen) atoms. The molecule has 0 aliphatic heterocycles. The fourth-order valence-corrected chi connectivity index (χ4v) is 1.55.